The molecule has 0 N–H and O–H groups in total. The highest BCUT2D eigenvalue weighted by Gasteiger charge is 2.20. The average Bonchev–Trinajstić information content (AvgIpc) is 2.69. The van der Waals surface area contributed by atoms with Crippen LogP contribution in [0.25, 0.3) is 11.4 Å². The molecule has 0 amide bonds. The monoisotopic (exact) mass is 215 g/mol. The molecule has 0 saturated heterocycles. The van der Waals surface area contributed by atoms with Crippen LogP contribution >= 0.6 is 0 Å². The molecule has 3 rings (SSSR count). The number of ether oxygens (including phenoxy) is 1. The highest BCUT2D eigenvalue weighted by atomic mass is 16.5. The molecule has 0 bridgehead atoms. The first-order valence-corrected chi connectivity index (χ1v) is 5.40. The predicted molar refractivity (Wildman–Crippen MR) is 59.8 cm³/mol. The Morgan fingerprint density at radius 3 is 3.12 bits per heavy atom. The molecule has 3 heterocycles. The van der Waals surface area contributed by atoms with Crippen molar-refractivity contribution in [3.8, 4) is 11.4 Å². The molecule has 0 aliphatic carbocycles. The van der Waals surface area contributed by atoms with Crippen LogP contribution in [0.2, 0.25) is 0 Å². The lowest BCUT2D eigenvalue weighted by Crippen LogP contribution is -2.11. The third kappa shape index (κ3) is 1.42. The number of aryl methyl sites for hydroxylation is 1. The summed E-state index contributed by atoms with van der Waals surface area (Å²) in [4.78, 5) is 4.34. The highest BCUT2D eigenvalue weighted by molar-refractivity contribution is 5.60. The molecule has 4 heteroatoms. The molecule has 2 aromatic heterocycles. The van der Waals surface area contributed by atoms with Crippen molar-refractivity contribution >= 4 is 0 Å². The van der Waals surface area contributed by atoms with Crippen molar-refractivity contribution in [1.29, 1.82) is 0 Å². The maximum atomic E-state index is 5.49. The zero-order valence-electron chi connectivity index (χ0n) is 9.18. The maximum Gasteiger partial charge on any atom is 0.116 e. The summed E-state index contributed by atoms with van der Waals surface area (Å²) in [6.45, 7) is 1.43. The Labute approximate surface area is 93.9 Å². The van der Waals surface area contributed by atoms with Gasteiger partial charge in [-0.2, -0.15) is 5.10 Å². The number of rotatable bonds is 1. The molecule has 0 atom stereocenters. The molecule has 1 aliphatic heterocycles. The van der Waals surface area contributed by atoms with Crippen molar-refractivity contribution in [3.05, 3.63) is 35.7 Å². The molecule has 1 aliphatic rings. The minimum atomic E-state index is 0.648. The first kappa shape index (κ1) is 9.54. The average molecular weight is 215 g/mol. The standard InChI is InChI=1S/C12H13N3O/c1-15-11-5-7-16-8-9(11)12(14-15)10-4-2-3-6-13-10/h2-4,6H,5,7-8H2,1H3. The van der Waals surface area contributed by atoms with Crippen molar-refractivity contribution in [3.63, 3.8) is 0 Å². The minimum Gasteiger partial charge on any atom is -0.376 e. The van der Waals surface area contributed by atoms with Crippen LogP contribution in [0.5, 0.6) is 0 Å². The number of pyridine rings is 1. The number of nitrogens with zero attached hydrogens (tertiary/aromatic N) is 3. The Balaban J connectivity index is 2.15. The summed E-state index contributed by atoms with van der Waals surface area (Å²) in [5, 5.41) is 4.54. The van der Waals surface area contributed by atoms with Gasteiger partial charge in [-0.1, -0.05) is 6.07 Å². The summed E-state index contributed by atoms with van der Waals surface area (Å²) in [5.74, 6) is 0. The third-order valence-corrected chi connectivity index (χ3v) is 2.91. The van der Waals surface area contributed by atoms with Gasteiger partial charge in [0, 0.05) is 30.9 Å². The molecular formula is C12H13N3O. The summed E-state index contributed by atoms with van der Waals surface area (Å²) >= 11 is 0. The van der Waals surface area contributed by atoms with Crippen LogP contribution in [-0.4, -0.2) is 21.4 Å². The van der Waals surface area contributed by atoms with Crippen molar-refractivity contribution in [2.24, 2.45) is 7.05 Å². The van der Waals surface area contributed by atoms with Crippen LogP contribution in [0.1, 0.15) is 11.3 Å². The zero-order chi connectivity index (χ0) is 11.0. The van der Waals surface area contributed by atoms with E-state index in [1.54, 1.807) is 6.20 Å². The van der Waals surface area contributed by atoms with E-state index in [-0.39, 0.29) is 0 Å². The van der Waals surface area contributed by atoms with Gasteiger partial charge in [-0.25, -0.2) is 0 Å². The second-order valence-electron chi connectivity index (χ2n) is 3.92. The van der Waals surface area contributed by atoms with E-state index in [2.05, 4.69) is 10.1 Å². The number of hydrogen-bond donors (Lipinski definition) is 0. The second-order valence-corrected chi connectivity index (χ2v) is 3.92. The van der Waals surface area contributed by atoms with E-state index in [0.717, 1.165) is 24.4 Å². The van der Waals surface area contributed by atoms with Gasteiger partial charge in [-0.05, 0) is 12.1 Å². The van der Waals surface area contributed by atoms with Crippen LogP contribution in [0.4, 0.5) is 0 Å². The highest BCUT2D eigenvalue weighted by Crippen LogP contribution is 2.26. The summed E-state index contributed by atoms with van der Waals surface area (Å²) in [6.07, 6.45) is 2.73. The number of aromatic nitrogens is 3. The van der Waals surface area contributed by atoms with E-state index in [1.807, 2.05) is 29.9 Å². The van der Waals surface area contributed by atoms with Crippen molar-refractivity contribution < 1.29 is 4.74 Å². The second kappa shape index (κ2) is 3.72. The topological polar surface area (TPSA) is 39.9 Å². The summed E-state index contributed by atoms with van der Waals surface area (Å²) < 4.78 is 7.44. The molecular weight excluding hydrogens is 202 g/mol. The fourth-order valence-corrected chi connectivity index (χ4v) is 2.12. The molecule has 0 spiro atoms. The van der Waals surface area contributed by atoms with Gasteiger partial charge < -0.3 is 4.74 Å². The fraction of sp³-hybridized carbons (Fsp3) is 0.333. The quantitative estimate of drug-likeness (QED) is 0.724. The van der Waals surface area contributed by atoms with Gasteiger partial charge in [0.2, 0.25) is 0 Å². The van der Waals surface area contributed by atoms with Crippen LogP contribution in [-0.2, 0) is 24.8 Å². The smallest absolute Gasteiger partial charge is 0.116 e. The van der Waals surface area contributed by atoms with Crippen LogP contribution in [0.3, 0.4) is 0 Å². The minimum absolute atomic E-state index is 0.648. The summed E-state index contributed by atoms with van der Waals surface area (Å²) in [6, 6.07) is 5.87. The van der Waals surface area contributed by atoms with Crippen molar-refractivity contribution in [2.45, 2.75) is 13.0 Å². The van der Waals surface area contributed by atoms with Crippen molar-refractivity contribution in [2.75, 3.05) is 6.61 Å². The predicted octanol–water partition coefficient (Wildman–Crippen LogP) is 1.55. The SMILES string of the molecule is Cn1nc(-c2ccccn2)c2c1CCOC2. The first-order valence-electron chi connectivity index (χ1n) is 5.40. The molecule has 0 aromatic carbocycles. The Bertz CT molecular complexity index is 504. The van der Waals surface area contributed by atoms with E-state index < -0.39 is 0 Å². The molecule has 4 nitrogen and oxygen atoms in total. The van der Waals surface area contributed by atoms with Gasteiger partial charge >= 0.3 is 0 Å². The Morgan fingerprint density at radius 1 is 1.38 bits per heavy atom. The van der Waals surface area contributed by atoms with Gasteiger partial charge in [0.15, 0.2) is 0 Å². The van der Waals surface area contributed by atoms with E-state index in [1.165, 1.54) is 11.3 Å². The molecule has 0 fully saturated rings. The number of fused-ring (bicyclic) bond motifs is 1. The van der Waals surface area contributed by atoms with Crippen LogP contribution < -0.4 is 0 Å². The molecule has 82 valence electrons. The Kier molecular flexibility index (Phi) is 2.22. The normalized spacial score (nSPS) is 14.8. The van der Waals surface area contributed by atoms with Crippen LogP contribution in [0.15, 0.2) is 24.4 Å². The van der Waals surface area contributed by atoms with Gasteiger partial charge in [0.25, 0.3) is 0 Å². The summed E-state index contributed by atoms with van der Waals surface area (Å²) in [7, 11) is 1.98. The molecule has 16 heavy (non-hydrogen) atoms. The fourth-order valence-electron chi connectivity index (χ4n) is 2.12. The van der Waals surface area contributed by atoms with E-state index in [0.29, 0.717) is 6.61 Å². The Hall–Kier alpha value is -1.68. The maximum absolute atomic E-state index is 5.49. The molecule has 2 aromatic rings. The molecule has 0 saturated carbocycles. The van der Waals surface area contributed by atoms with Crippen LogP contribution in [0, 0.1) is 0 Å². The largest absolute Gasteiger partial charge is 0.376 e. The van der Waals surface area contributed by atoms with Crippen molar-refractivity contribution in [1.82, 2.24) is 14.8 Å². The lowest BCUT2D eigenvalue weighted by Gasteiger charge is -2.13. The third-order valence-electron chi connectivity index (χ3n) is 2.91. The molecule has 0 radical (unpaired) electrons. The summed E-state index contributed by atoms with van der Waals surface area (Å²) in [5.41, 5.74) is 4.34. The number of hydrogen-bond acceptors (Lipinski definition) is 3. The lowest BCUT2D eigenvalue weighted by atomic mass is 10.1. The van der Waals surface area contributed by atoms with Gasteiger partial charge in [0.1, 0.15) is 5.69 Å². The van der Waals surface area contributed by atoms with Gasteiger partial charge in [0.05, 0.1) is 18.9 Å². The molecule has 0 unspecified atom stereocenters. The van der Waals surface area contributed by atoms with E-state index >= 15 is 0 Å². The Morgan fingerprint density at radius 2 is 2.31 bits per heavy atom. The lowest BCUT2D eigenvalue weighted by molar-refractivity contribution is 0.109. The zero-order valence-corrected chi connectivity index (χ0v) is 9.18. The first-order chi connectivity index (χ1) is 7.86. The van der Waals surface area contributed by atoms with Gasteiger partial charge in [-0.3, -0.25) is 9.67 Å². The van der Waals surface area contributed by atoms with E-state index in [4.69, 9.17) is 4.74 Å². The van der Waals surface area contributed by atoms with Gasteiger partial charge in [-0.15, -0.1) is 0 Å². The van der Waals surface area contributed by atoms with E-state index in [9.17, 15) is 0 Å².